The van der Waals surface area contributed by atoms with Gasteiger partial charge in [-0.05, 0) is 42.5 Å². The fourth-order valence-corrected chi connectivity index (χ4v) is 2.82. The average molecular weight is 350 g/mol. The lowest BCUT2D eigenvalue weighted by atomic mass is 10.1. The molecule has 0 radical (unpaired) electrons. The van der Waals surface area contributed by atoms with Crippen LogP contribution in [0.2, 0.25) is 0 Å². The highest BCUT2D eigenvalue weighted by Gasteiger charge is 2.18. The molecule has 1 unspecified atom stereocenters. The number of benzene rings is 2. The van der Waals surface area contributed by atoms with Crippen LogP contribution in [-0.2, 0) is 10.8 Å². The molecule has 1 heterocycles. The topological polar surface area (TPSA) is 34.9 Å². The molecule has 7 heteroatoms. The van der Waals surface area contributed by atoms with Crippen molar-refractivity contribution >= 4 is 10.8 Å². The van der Waals surface area contributed by atoms with Crippen molar-refractivity contribution in [2.24, 2.45) is 0 Å². The molecule has 3 aromatic rings. The van der Waals surface area contributed by atoms with Gasteiger partial charge in [-0.2, -0.15) is 5.10 Å². The lowest BCUT2D eigenvalue weighted by Gasteiger charge is -2.06. The van der Waals surface area contributed by atoms with E-state index in [-0.39, 0.29) is 5.69 Å². The van der Waals surface area contributed by atoms with Gasteiger partial charge in [0.05, 0.1) is 11.4 Å². The molecule has 0 fully saturated rings. The summed E-state index contributed by atoms with van der Waals surface area (Å²) >= 11 is 0. The fraction of sp³-hybridized carbons (Fsp3) is 0.118. The molecule has 0 amide bonds. The number of nitrogens with zero attached hydrogens (tertiary/aromatic N) is 2. The minimum Gasteiger partial charge on any atom is -0.255 e. The Bertz CT molecular complexity index is 874. The molecule has 2 aromatic carbocycles. The number of hydrogen-bond donors (Lipinski definition) is 0. The zero-order chi connectivity index (χ0) is 17.3. The normalized spacial score (nSPS) is 12.5. The van der Waals surface area contributed by atoms with Crippen LogP contribution in [0, 0.1) is 5.82 Å². The largest absolute Gasteiger partial charge is 0.280 e. The van der Waals surface area contributed by atoms with Gasteiger partial charge in [-0.3, -0.25) is 4.21 Å². The molecule has 0 aliphatic heterocycles. The van der Waals surface area contributed by atoms with Crippen molar-refractivity contribution in [2.75, 3.05) is 6.26 Å². The van der Waals surface area contributed by atoms with E-state index >= 15 is 0 Å². The zero-order valence-electron chi connectivity index (χ0n) is 12.6. The summed E-state index contributed by atoms with van der Waals surface area (Å²) < 4.78 is 52.2. The first-order chi connectivity index (χ1) is 11.5. The van der Waals surface area contributed by atoms with Gasteiger partial charge in [0.25, 0.3) is 6.43 Å². The third-order valence-corrected chi connectivity index (χ3v) is 4.45. The third-order valence-electron chi connectivity index (χ3n) is 3.51. The SMILES string of the molecule is CS(=O)c1ccc(-c2cc(C(F)F)n(-c3ccc(F)cc3)n2)cc1. The van der Waals surface area contributed by atoms with Crippen LogP contribution in [0.15, 0.2) is 59.5 Å². The van der Waals surface area contributed by atoms with Crippen LogP contribution in [0.4, 0.5) is 13.2 Å². The standard InChI is InChI=1S/C17H13F3N2OS/c1-24(23)14-8-2-11(3-9-14)15-10-16(17(19)20)22(21-15)13-6-4-12(18)5-7-13/h2-10,17H,1H3. The van der Waals surface area contributed by atoms with Gasteiger partial charge in [0.2, 0.25) is 0 Å². The summed E-state index contributed by atoms with van der Waals surface area (Å²) in [7, 11) is -1.11. The van der Waals surface area contributed by atoms with Gasteiger partial charge in [0.1, 0.15) is 11.5 Å². The molecule has 0 saturated carbocycles. The van der Waals surface area contributed by atoms with Crippen LogP contribution >= 0.6 is 0 Å². The minimum atomic E-state index is -2.72. The summed E-state index contributed by atoms with van der Waals surface area (Å²) in [6.45, 7) is 0. The van der Waals surface area contributed by atoms with Crippen molar-refractivity contribution in [3.8, 4) is 16.9 Å². The molecule has 124 valence electrons. The fourth-order valence-electron chi connectivity index (χ4n) is 2.30. The van der Waals surface area contributed by atoms with Gasteiger partial charge in [-0.1, -0.05) is 12.1 Å². The maximum absolute atomic E-state index is 13.3. The first-order valence-corrected chi connectivity index (χ1v) is 8.59. The number of hydrogen-bond acceptors (Lipinski definition) is 2. The van der Waals surface area contributed by atoms with Crippen molar-refractivity contribution in [3.63, 3.8) is 0 Å². The smallest absolute Gasteiger partial charge is 0.255 e. The van der Waals surface area contributed by atoms with Crippen LogP contribution in [0.1, 0.15) is 12.1 Å². The van der Waals surface area contributed by atoms with Gasteiger partial charge >= 0.3 is 0 Å². The van der Waals surface area contributed by atoms with E-state index in [1.54, 1.807) is 30.5 Å². The Morgan fingerprint density at radius 2 is 1.67 bits per heavy atom. The molecular weight excluding hydrogens is 337 g/mol. The highest BCUT2D eigenvalue weighted by molar-refractivity contribution is 7.84. The van der Waals surface area contributed by atoms with Crippen LogP contribution in [0.25, 0.3) is 16.9 Å². The van der Waals surface area contributed by atoms with E-state index in [0.717, 1.165) is 4.68 Å². The summed E-state index contributed by atoms with van der Waals surface area (Å²) in [5.74, 6) is -0.451. The molecule has 1 atom stereocenters. The molecule has 0 N–H and O–H groups in total. The number of rotatable bonds is 4. The molecule has 3 nitrogen and oxygen atoms in total. The Kier molecular flexibility index (Phi) is 4.53. The van der Waals surface area contributed by atoms with Crippen molar-refractivity contribution in [1.29, 1.82) is 0 Å². The van der Waals surface area contributed by atoms with Crippen molar-refractivity contribution in [3.05, 3.63) is 66.1 Å². The predicted molar refractivity (Wildman–Crippen MR) is 86.2 cm³/mol. The maximum atomic E-state index is 13.3. The van der Waals surface area contributed by atoms with Crippen molar-refractivity contribution < 1.29 is 17.4 Å². The van der Waals surface area contributed by atoms with Crippen LogP contribution < -0.4 is 0 Å². The summed E-state index contributed by atoms with van der Waals surface area (Å²) in [5.41, 5.74) is 1.07. The molecule has 0 aliphatic carbocycles. The summed E-state index contributed by atoms with van der Waals surface area (Å²) in [6.07, 6.45) is -1.16. The van der Waals surface area contributed by atoms with E-state index in [9.17, 15) is 17.4 Å². The van der Waals surface area contributed by atoms with Gasteiger partial charge in [-0.15, -0.1) is 0 Å². The highest BCUT2D eigenvalue weighted by Crippen LogP contribution is 2.28. The second-order valence-corrected chi connectivity index (χ2v) is 6.50. The molecule has 0 saturated heterocycles. The molecule has 24 heavy (non-hydrogen) atoms. The van der Waals surface area contributed by atoms with Crippen molar-refractivity contribution in [1.82, 2.24) is 9.78 Å². The van der Waals surface area contributed by atoms with Crippen LogP contribution in [-0.4, -0.2) is 20.2 Å². The molecule has 1 aromatic heterocycles. The number of aromatic nitrogens is 2. The first-order valence-electron chi connectivity index (χ1n) is 7.03. The van der Waals surface area contributed by atoms with E-state index in [1.165, 1.54) is 30.3 Å². The highest BCUT2D eigenvalue weighted by atomic mass is 32.2. The molecule has 3 rings (SSSR count). The van der Waals surface area contributed by atoms with Crippen LogP contribution in [0.3, 0.4) is 0 Å². The molecular formula is C17H13F3N2OS. The van der Waals surface area contributed by atoms with E-state index < -0.39 is 23.0 Å². The summed E-state index contributed by atoms with van der Waals surface area (Å²) in [6, 6.07) is 13.2. The second-order valence-electron chi connectivity index (χ2n) is 5.12. The summed E-state index contributed by atoms with van der Waals surface area (Å²) in [4.78, 5) is 0.644. The van der Waals surface area contributed by atoms with E-state index in [2.05, 4.69) is 5.10 Å². The van der Waals surface area contributed by atoms with Gasteiger partial charge in [-0.25, -0.2) is 17.9 Å². The second kappa shape index (κ2) is 6.60. The molecule has 0 bridgehead atoms. The predicted octanol–water partition coefficient (Wildman–Crippen LogP) is 4.35. The van der Waals surface area contributed by atoms with E-state index in [4.69, 9.17) is 0 Å². The van der Waals surface area contributed by atoms with E-state index in [1.807, 2.05) is 0 Å². The first kappa shape index (κ1) is 16.4. The van der Waals surface area contributed by atoms with Crippen LogP contribution in [0.5, 0.6) is 0 Å². The lowest BCUT2D eigenvalue weighted by Crippen LogP contribution is -2.02. The Labute approximate surface area is 139 Å². The minimum absolute atomic E-state index is 0.278. The number of alkyl halides is 2. The lowest BCUT2D eigenvalue weighted by molar-refractivity contribution is 0.143. The van der Waals surface area contributed by atoms with E-state index in [0.29, 0.717) is 21.8 Å². The van der Waals surface area contributed by atoms with Crippen molar-refractivity contribution in [2.45, 2.75) is 11.3 Å². The third kappa shape index (κ3) is 3.26. The quantitative estimate of drug-likeness (QED) is 0.701. The van der Waals surface area contributed by atoms with Gasteiger partial charge in [0, 0.05) is 27.5 Å². The average Bonchev–Trinajstić information content (AvgIpc) is 3.01. The monoisotopic (exact) mass is 350 g/mol. The Morgan fingerprint density at radius 1 is 1.04 bits per heavy atom. The Balaban J connectivity index is 2.05. The maximum Gasteiger partial charge on any atom is 0.280 e. The molecule has 0 aliphatic rings. The number of halogens is 3. The van der Waals surface area contributed by atoms with Gasteiger partial charge in [0.15, 0.2) is 0 Å². The Hall–Kier alpha value is -2.41. The van der Waals surface area contributed by atoms with Gasteiger partial charge < -0.3 is 0 Å². The summed E-state index contributed by atoms with van der Waals surface area (Å²) in [5, 5.41) is 4.21. The Morgan fingerprint density at radius 3 is 2.21 bits per heavy atom. The zero-order valence-corrected chi connectivity index (χ0v) is 13.4. The molecule has 0 spiro atoms.